The smallest absolute Gasteiger partial charge is 0.235 e. The van der Waals surface area contributed by atoms with Crippen molar-refractivity contribution in [3.63, 3.8) is 0 Å². The van der Waals surface area contributed by atoms with Crippen LogP contribution in [0.5, 0.6) is 5.75 Å². The summed E-state index contributed by atoms with van der Waals surface area (Å²) >= 11 is 2.16. The van der Waals surface area contributed by atoms with Gasteiger partial charge in [0.1, 0.15) is 5.75 Å². The van der Waals surface area contributed by atoms with Gasteiger partial charge in [-0.05, 0) is 12.1 Å². The Hall–Kier alpha value is 0.0639. The summed E-state index contributed by atoms with van der Waals surface area (Å²) in [7, 11) is 3.45. The minimum atomic E-state index is -0.00472. The van der Waals surface area contributed by atoms with Crippen LogP contribution in [0.1, 0.15) is 17.5 Å². The Bertz CT molecular complexity index is 516. The monoisotopic (exact) mass is 445 g/mol. The number of allylic oxidation sites excluding steroid dienone is 1. The molecule has 1 heterocycles. The van der Waals surface area contributed by atoms with E-state index < -0.39 is 0 Å². The molecule has 3 nitrogen and oxygen atoms in total. The zero-order valence-electron chi connectivity index (χ0n) is 11.2. The molecule has 0 N–H and O–H groups in total. The van der Waals surface area contributed by atoms with Gasteiger partial charge in [0, 0.05) is 39.8 Å². The molecule has 0 spiro atoms. The zero-order valence-corrected chi connectivity index (χ0v) is 16.2. The third-order valence-corrected chi connectivity index (χ3v) is 4.04. The first kappa shape index (κ1) is 17.1. The molecule has 0 saturated carbocycles. The molecule has 0 bridgehead atoms. The van der Waals surface area contributed by atoms with E-state index in [9.17, 15) is 4.79 Å². The van der Waals surface area contributed by atoms with Crippen LogP contribution in [0.15, 0.2) is 18.2 Å². The van der Waals surface area contributed by atoms with E-state index in [0.717, 1.165) is 22.6 Å². The van der Waals surface area contributed by atoms with E-state index in [2.05, 4.69) is 28.7 Å². The summed E-state index contributed by atoms with van der Waals surface area (Å²) in [4.78, 5) is 13.7. The van der Waals surface area contributed by atoms with E-state index in [1.54, 1.807) is 19.1 Å². The Morgan fingerprint density at radius 1 is 1.47 bits per heavy atom. The number of alkyl halides is 1. The molecule has 99 valence electrons. The Labute approximate surface area is 152 Å². The van der Waals surface area contributed by atoms with Crippen molar-refractivity contribution in [2.24, 2.45) is 0 Å². The van der Waals surface area contributed by atoms with Gasteiger partial charge in [-0.15, -0.1) is 22.9 Å². The van der Waals surface area contributed by atoms with Crippen molar-refractivity contribution in [1.29, 1.82) is 0 Å². The molecule has 0 fully saturated rings. The summed E-state index contributed by atoms with van der Waals surface area (Å²) in [5.74, 6) is 0.966. The minimum Gasteiger partial charge on any atom is -0.497 e. The van der Waals surface area contributed by atoms with Crippen molar-refractivity contribution in [2.45, 2.75) is 17.3 Å². The van der Waals surface area contributed by atoms with E-state index in [1.165, 1.54) is 0 Å². The van der Waals surface area contributed by atoms with E-state index in [0.29, 0.717) is 6.42 Å². The van der Waals surface area contributed by atoms with E-state index in [-0.39, 0.29) is 42.5 Å². The van der Waals surface area contributed by atoms with Crippen molar-refractivity contribution in [2.75, 3.05) is 14.2 Å². The number of nitrogens with zero attached hydrogens (tertiary/aromatic N) is 1. The van der Waals surface area contributed by atoms with E-state index >= 15 is 0 Å². The second-order valence-electron chi connectivity index (χ2n) is 4.28. The van der Waals surface area contributed by atoms with Crippen molar-refractivity contribution in [3.05, 3.63) is 35.4 Å². The Morgan fingerprint density at radius 2 is 2.16 bits per heavy atom. The Balaban J connectivity index is 0.00000180. The minimum absolute atomic E-state index is 0. The summed E-state index contributed by atoms with van der Waals surface area (Å²) < 4.78 is 5.19. The molecule has 1 aromatic rings. The number of methoxy groups -OCH3 is 1. The van der Waals surface area contributed by atoms with Crippen LogP contribution in [0, 0.1) is 13.0 Å². The van der Waals surface area contributed by atoms with Crippen LogP contribution in [0.4, 0.5) is 0 Å². The molecule has 0 aromatic heterocycles. The van der Waals surface area contributed by atoms with Gasteiger partial charge in [-0.3, -0.25) is 4.79 Å². The maximum atomic E-state index is 12.0. The first-order valence-electron chi connectivity index (χ1n) is 5.72. The second-order valence-corrected chi connectivity index (χ2v) is 5.78. The summed E-state index contributed by atoms with van der Waals surface area (Å²) in [6.45, 7) is 2.01. The van der Waals surface area contributed by atoms with Gasteiger partial charge >= 0.3 is 0 Å². The molecule has 1 aliphatic heterocycles. The third-order valence-electron chi connectivity index (χ3n) is 3.07. The maximum Gasteiger partial charge on any atom is 0.235 e. The number of hydrogen-bond acceptors (Lipinski definition) is 2. The van der Waals surface area contributed by atoms with E-state index in [4.69, 9.17) is 4.74 Å². The summed E-state index contributed by atoms with van der Waals surface area (Å²) in [5.41, 5.74) is 2.99. The second kappa shape index (κ2) is 7.18. The van der Waals surface area contributed by atoms with Gasteiger partial charge in [-0.25, -0.2) is 6.08 Å². The fourth-order valence-corrected chi connectivity index (χ4v) is 2.66. The van der Waals surface area contributed by atoms with Crippen LogP contribution in [-0.4, -0.2) is 28.9 Å². The number of rotatable bonds is 2. The van der Waals surface area contributed by atoms with Gasteiger partial charge in [-0.2, -0.15) is 0 Å². The fourth-order valence-electron chi connectivity index (χ4n) is 2.02. The van der Waals surface area contributed by atoms with Gasteiger partial charge in [-0.1, -0.05) is 35.9 Å². The number of amides is 1. The topological polar surface area (TPSA) is 29.5 Å². The Morgan fingerprint density at radius 3 is 2.74 bits per heavy atom. The molecular weight excluding hydrogens is 430 g/mol. The SMILES string of the molecule is COc1ccc(C2=[C-]CC(I)C(=O)N2C)c(C)c1.[Y]. The number of carbonyl (C=O) groups is 1. The van der Waals surface area contributed by atoms with Crippen molar-refractivity contribution < 1.29 is 42.2 Å². The van der Waals surface area contributed by atoms with Gasteiger partial charge in [0.25, 0.3) is 0 Å². The van der Waals surface area contributed by atoms with Crippen molar-refractivity contribution in [1.82, 2.24) is 4.90 Å². The maximum absolute atomic E-state index is 12.0. The molecular formula is C14H15INO2Y-. The van der Waals surface area contributed by atoms with Gasteiger partial charge in [0.15, 0.2) is 0 Å². The normalized spacial score (nSPS) is 18.7. The molecule has 2 rings (SSSR count). The first-order valence-corrected chi connectivity index (χ1v) is 6.96. The van der Waals surface area contributed by atoms with Gasteiger partial charge < -0.3 is 9.64 Å². The molecule has 1 atom stereocenters. The summed E-state index contributed by atoms with van der Waals surface area (Å²) in [5, 5.41) is 0. The number of carbonyl (C=O) groups excluding carboxylic acids is 1. The molecule has 1 unspecified atom stereocenters. The van der Waals surface area contributed by atoms with E-state index in [1.807, 2.05) is 25.1 Å². The third kappa shape index (κ3) is 3.58. The molecule has 0 saturated heterocycles. The molecule has 1 aromatic carbocycles. The van der Waals surface area contributed by atoms with Crippen LogP contribution in [0.2, 0.25) is 0 Å². The molecule has 1 aliphatic rings. The largest absolute Gasteiger partial charge is 0.497 e. The molecule has 19 heavy (non-hydrogen) atoms. The van der Waals surface area contributed by atoms with Crippen molar-refractivity contribution in [3.8, 4) is 5.75 Å². The predicted octanol–water partition coefficient (Wildman–Crippen LogP) is 2.81. The number of ether oxygens (including phenoxy) is 1. The first-order chi connectivity index (χ1) is 8.54. The van der Waals surface area contributed by atoms with Crippen LogP contribution in [-0.2, 0) is 37.5 Å². The Kier molecular flexibility index (Phi) is 6.47. The number of hydrogen-bond donors (Lipinski definition) is 0. The van der Waals surface area contributed by atoms with Crippen molar-refractivity contribution >= 4 is 34.2 Å². The number of halogens is 1. The summed E-state index contributed by atoms with van der Waals surface area (Å²) in [6, 6.07) is 5.86. The average Bonchev–Trinajstić information content (AvgIpc) is 2.37. The van der Waals surface area contributed by atoms with Crippen LogP contribution < -0.4 is 4.74 Å². The van der Waals surface area contributed by atoms with Crippen LogP contribution in [0.25, 0.3) is 5.70 Å². The van der Waals surface area contributed by atoms with Crippen LogP contribution >= 0.6 is 22.6 Å². The molecule has 1 amide bonds. The van der Waals surface area contributed by atoms with Gasteiger partial charge in [0.2, 0.25) is 5.91 Å². The molecule has 5 heteroatoms. The van der Waals surface area contributed by atoms with Gasteiger partial charge in [0.05, 0.1) is 11.0 Å². The molecule has 1 radical (unpaired) electrons. The van der Waals surface area contributed by atoms with Crippen LogP contribution in [0.3, 0.4) is 0 Å². The zero-order chi connectivity index (χ0) is 13.3. The standard InChI is InChI=1S/C14H15INO2.Y/c1-9-8-10(18-3)4-5-11(9)13-7-6-12(15)14(17)16(13)2;/h4-5,8,12H,6H2,1-3H3;/q-1;. The fraction of sp³-hybridized carbons (Fsp3) is 0.357. The average molecular weight is 445 g/mol. The number of aryl methyl sites for hydroxylation is 1. The quantitative estimate of drug-likeness (QED) is 0.399. The number of benzene rings is 1. The summed E-state index contributed by atoms with van der Waals surface area (Å²) in [6.07, 6.45) is 3.99. The predicted molar refractivity (Wildman–Crippen MR) is 79.6 cm³/mol. The molecule has 0 aliphatic carbocycles.